The highest BCUT2D eigenvalue weighted by Crippen LogP contribution is 2.24. The van der Waals surface area contributed by atoms with E-state index in [4.69, 9.17) is 5.73 Å². The maximum atomic E-state index is 13.2. The van der Waals surface area contributed by atoms with Gasteiger partial charge in [0.25, 0.3) is 0 Å². The van der Waals surface area contributed by atoms with Gasteiger partial charge < -0.3 is 5.73 Å². The van der Waals surface area contributed by atoms with Crippen LogP contribution in [0.15, 0.2) is 35.2 Å². The van der Waals surface area contributed by atoms with Crippen LogP contribution in [0.4, 0.5) is 10.1 Å². The number of sulfonamides is 1. The normalized spacial score (nSPS) is 11.8. The summed E-state index contributed by atoms with van der Waals surface area (Å²) < 4.78 is 38.5. The Labute approximate surface area is 101 Å². The van der Waals surface area contributed by atoms with Crippen LogP contribution in [0.2, 0.25) is 0 Å². The Morgan fingerprint density at radius 1 is 1.53 bits per heavy atom. The monoisotopic (exact) mass is 258 g/mol. The van der Waals surface area contributed by atoms with Gasteiger partial charge in [-0.25, -0.2) is 12.8 Å². The van der Waals surface area contributed by atoms with E-state index in [-0.39, 0.29) is 17.1 Å². The average Bonchev–Trinajstić information content (AvgIpc) is 2.20. The minimum absolute atomic E-state index is 0.165. The molecule has 0 aliphatic carbocycles. The fourth-order valence-corrected chi connectivity index (χ4v) is 2.73. The number of para-hydroxylation sites is 1. The number of likely N-dealkylation sites (N-methyl/N-ethyl adjacent to an activating group) is 1. The summed E-state index contributed by atoms with van der Waals surface area (Å²) in [6.07, 6.45) is 0. The molecule has 0 heterocycles. The molecule has 4 nitrogen and oxygen atoms in total. The zero-order valence-electron chi connectivity index (χ0n) is 9.77. The summed E-state index contributed by atoms with van der Waals surface area (Å²) in [7, 11) is -2.38. The maximum absolute atomic E-state index is 13.2. The lowest BCUT2D eigenvalue weighted by Gasteiger charge is -2.18. The second-order valence-corrected chi connectivity index (χ2v) is 5.88. The summed E-state index contributed by atoms with van der Waals surface area (Å²) in [5, 5.41) is 0. The lowest BCUT2D eigenvalue weighted by molar-refractivity contribution is 0.492. The second kappa shape index (κ2) is 4.85. The van der Waals surface area contributed by atoms with E-state index < -0.39 is 15.8 Å². The molecule has 0 atom stereocenters. The minimum atomic E-state index is -3.78. The van der Waals surface area contributed by atoms with Crippen molar-refractivity contribution in [2.45, 2.75) is 11.8 Å². The van der Waals surface area contributed by atoms with Crippen molar-refractivity contribution < 1.29 is 12.8 Å². The first-order valence-electron chi connectivity index (χ1n) is 4.91. The standard InChI is InChI=1S/C11H15FN2O2S/c1-8(2)7-14(3)17(15,16)10-6-4-5-9(12)11(10)13/h4-6H,1,7,13H2,2-3H3. The quantitative estimate of drug-likeness (QED) is 0.659. The molecule has 0 aliphatic heterocycles. The Morgan fingerprint density at radius 3 is 2.65 bits per heavy atom. The van der Waals surface area contributed by atoms with Gasteiger partial charge in [-0.3, -0.25) is 0 Å². The van der Waals surface area contributed by atoms with Crippen LogP contribution >= 0.6 is 0 Å². The summed E-state index contributed by atoms with van der Waals surface area (Å²) in [6.45, 7) is 5.51. The molecule has 94 valence electrons. The van der Waals surface area contributed by atoms with Gasteiger partial charge in [-0.2, -0.15) is 4.31 Å². The Balaban J connectivity index is 3.22. The number of hydrogen-bond donors (Lipinski definition) is 1. The van der Waals surface area contributed by atoms with Crippen LogP contribution in [0.25, 0.3) is 0 Å². The zero-order valence-corrected chi connectivity index (χ0v) is 10.6. The number of nitrogen functional groups attached to an aromatic ring is 1. The molecule has 0 fully saturated rings. The third-order valence-corrected chi connectivity index (χ3v) is 4.06. The molecule has 17 heavy (non-hydrogen) atoms. The topological polar surface area (TPSA) is 63.4 Å². The predicted molar refractivity (Wildman–Crippen MR) is 65.4 cm³/mol. The van der Waals surface area contributed by atoms with Crippen molar-refractivity contribution in [2.75, 3.05) is 19.3 Å². The van der Waals surface area contributed by atoms with Crippen LogP contribution in [0.5, 0.6) is 0 Å². The van der Waals surface area contributed by atoms with Crippen molar-refractivity contribution in [2.24, 2.45) is 0 Å². The first kappa shape index (κ1) is 13.7. The lowest BCUT2D eigenvalue weighted by Crippen LogP contribution is -2.29. The number of rotatable bonds is 4. The molecular weight excluding hydrogens is 243 g/mol. The van der Waals surface area contributed by atoms with Gasteiger partial charge in [0.15, 0.2) is 0 Å². The van der Waals surface area contributed by atoms with Crippen LogP contribution in [0.1, 0.15) is 6.92 Å². The molecule has 1 aromatic carbocycles. The first-order valence-corrected chi connectivity index (χ1v) is 6.35. The number of anilines is 1. The third kappa shape index (κ3) is 2.83. The molecule has 0 radical (unpaired) electrons. The molecule has 0 saturated carbocycles. The summed E-state index contributed by atoms with van der Waals surface area (Å²) in [5.41, 5.74) is 5.76. The van der Waals surface area contributed by atoms with Crippen molar-refractivity contribution >= 4 is 15.7 Å². The van der Waals surface area contributed by atoms with Crippen LogP contribution in [0, 0.1) is 5.82 Å². The summed E-state index contributed by atoms with van der Waals surface area (Å²) in [6, 6.07) is 3.71. The highest BCUT2D eigenvalue weighted by molar-refractivity contribution is 7.89. The molecule has 0 bridgehead atoms. The molecular formula is C11H15FN2O2S. The summed E-state index contributed by atoms with van der Waals surface area (Å²) in [4.78, 5) is -0.221. The molecule has 0 spiro atoms. The predicted octanol–water partition coefficient (Wildman–Crippen LogP) is 1.60. The third-order valence-electron chi connectivity index (χ3n) is 2.19. The van der Waals surface area contributed by atoms with E-state index >= 15 is 0 Å². The number of nitrogens with two attached hydrogens (primary N) is 1. The Kier molecular flexibility index (Phi) is 3.90. The number of halogens is 1. The largest absolute Gasteiger partial charge is 0.395 e. The van der Waals surface area contributed by atoms with E-state index in [9.17, 15) is 12.8 Å². The van der Waals surface area contributed by atoms with Crippen LogP contribution in [0.3, 0.4) is 0 Å². The Morgan fingerprint density at radius 2 is 2.12 bits per heavy atom. The van der Waals surface area contributed by atoms with Gasteiger partial charge in [-0.05, 0) is 19.1 Å². The lowest BCUT2D eigenvalue weighted by atomic mass is 10.3. The number of nitrogens with zero attached hydrogens (tertiary/aromatic N) is 1. The molecule has 0 amide bonds. The first-order chi connectivity index (χ1) is 7.76. The smallest absolute Gasteiger partial charge is 0.245 e. The maximum Gasteiger partial charge on any atom is 0.245 e. The van der Waals surface area contributed by atoms with Crippen molar-refractivity contribution in [3.63, 3.8) is 0 Å². The van der Waals surface area contributed by atoms with Crippen LogP contribution in [-0.2, 0) is 10.0 Å². The van der Waals surface area contributed by atoms with Crippen molar-refractivity contribution in [1.82, 2.24) is 4.31 Å². The highest BCUT2D eigenvalue weighted by Gasteiger charge is 2.24. The van der Waals surface area contributed by atoms with E-state index in [0.717, 1.165) is 10.4 Å². The van der Waals surface area contributed by atoms with E-state index in [0.29, 0.717) is 5.57 Å². The Hall–Kier alpha value is -1.40. The number of hydrogen-bond acceptors (Lipinski definition) is 3. The average molecular weight is 258 g/mol. The molecule has 2 N–H and O–H groups in total. The molecule has 0 aliphatic rings. The molecule has 0 unspecified atom stereocenters. The van der Waals surface area contributed by atoms with Crippen molar-refractivity contribution in [3.8, 4) is 0 Å². The molecule has 1 rings (SSSR count). The van der Waals surface area contributed by atoms with Crippen LogP contribution in [-0.4, -0.2) is 26.3 Å². The molecule has 6 heteroatoms. The van der Waals surface area contributed by atoms with Gasteiger partial charge in [-0.15, -0.1) is 0 Å². The van der Waals surface area contributed by atoms with Gasteiger partial charge in [0.1, 0.15) is 10.7 Å². The minimum Gasteiger partial charge on any atom is -0.395 e. The molecule has 1 aromatic rings. The van der Waals surface area contributed by atoms with Gasteiger partial charge >= 0.3 is 0 Å². The second-order valence-electron chi connectivity index (χ2n) is 3.87. The van der Waals surface area contributed by atoms with Gasteiger partial charge in [0.2, 0.25) is 10.0 Å². The van der Waals surface area contributed by atoms with E-state index in [1.54, 1.807) is 6.92 Å². The van der Waals surface area contributed by atoms with Gasteiger partial charge in [-0.1, -0.05) is 18.2 Å². The van der Waals surface area contributed by atoms with E-state index in [1.807, 2.05) is 0 Å². The van der Waals surface area contributed by atoms with Crippen molar-refractivity contribution in [1.29, 1.82) is 0 Å². The van der Waals surface area contributed by atoms with Crippen LogP contribution < -0.4 is 5.73 Å². The van der Waals surface area contributed by atoms with Gasteiger partial charge in [0, 0.05) is 13.6 Å². The van der Waals surface area contributed by atoms with Gasteiger partial charge in [0.05, 0.1) is 5.69 Å². The summed E-state index contributed by atoms with van der Waals surface area (Å²) in [5.74, 6) is -0.741. The van der Waals surface area contributed by atoms with E-state index in [2.05, 4.69) is 6.58 Å². The fourth-order valence-electron chi connectivity index (χ4n) is 1.38. The highest BCUT2D eigenvalue weighted by atomic mass is 32.2. The zero-order chi connectivity index (χ0) is 13.2. The molecule has 0 saturated heterocycles. The van der Waals surface area contributed by atoms with E-state index in [1.165, 1.54) is 19.2 Å². The SMILES string of the molecule is C=C(C)CN(C)S(=O)(=O)c1cccc(F)c1N. The molecule has 0 aromatic heterocycles. The summed E-state index contributed by atoms with van der Waals surface area (Å²) >= 11 is 0. The number of benzene rings is 1. The Bertz CT molecular complexity index is 540. The fraction of sp³-hybridized carbons (Fsp3) is 0.273. The van der Waals surface area contributed by atoms with Crippen molar-refractivity contribution in [3.05, 3.63) is 36.2 Å².